The summed E-state index contributed by atoms with van der Waals surface area (Å²) in [5.74, 6) is -0.942. The summed E-state index contributed by atoms with van der Waals surface area (Å²) in [7, 11) is 0. The molecule has 0 heterocycles. The third kappa shape index (κ3) is 6.73. The van der Waals surface area contributed by atoms with Gasteiger partial charge in [-0.25, -0.2) is 4.79 Å². The molecule has 0 saturated heterocycles. The second-order valence-corrected chi connectivity index (χ2v) is 6.05. The normalized spacial score (nSPS) is 12.8. The number of carboxylic acid groups (broad SMARTS) is 1. The van der Waals surface area contributed by atoms with Crippen molar-refractivity contribution in [1.82, 2.24) is 5.32 Å². The van der Waals surface area contributed by atoms with E-state index in [4.69, 9.17) is 9.84 Å². The topological polar surface area (TPSA) is 116 Å². The Hall–Kier alpha value is -2.90. The number of ether oxygens (including phenoxy) is 1. The number of aliphatic hydroxyl groups excluding tert-OH is 2. The van der Waals surface area contributed by atoms with E-state index < -0.39 is 24.3 Å². The van der Waals surface area contributed by atoms with E-state index in [0.717, 1.165) is 5.56 Å². The lowest BCUT2D eigenvalue weighted by Crippen LogP contribution is -2.36. The standard InChI is InChI=1S/C20H23NO6/c22-17(12-21-20(26)27-13-14-6-2-1-3-7-14)19(25)16-9-5-4-8-15(16)10-11-18(23)24/h1-9,17,19,22,25H,10-13H2,(H,21,26)(H,23,24). The van der Waals surface area contributed by atoms with Crippen molar-refractivity contribution in [3.05, 3.63) is 71.3 Å². The van der Waals surface area contributed by atoms with Gasteiger partial charge in [-0.2, -0.15) is 0 Å². The number of rotatable bonds is 9. The summed E-state index contributed by atoms with van der Waals surface area (Å²) in [6.07, 6.45) is -3.07. The first-order chi connectivity index (χ1) is 13.0. The lowest BCUT2D eigenvalue weighted by Gasteiger charge is -2.21. The minimum absolute atomic E-state index is 0.0795. The molecular formula is C20H23NO6. The molecule has 7 heteroatoms. The lowest BCUT2D eigenvalue weighted by atomic mass is 9.96. The number of carbonyl (C=O) groups is 2. The maximum Gasteiger partial charge on any atom is 0.407 e. The molecule has 2 aromatic carbocycles. The zero-order valence-corrected chi connectivity index (χ0v) is 14.7. The summed E-state index contributed by atoms with van der Waals surface area (Å²) < 4.78 is 5.04. The number of carboxylic acids is 1. The molecule has 2 aromatic rings. The fourth-order valence-electron chi connectivity index (χ4n) is 2.57. The molecule has 7 nitrogen and oxygen atoms in total. The Morgan fingerprint density at radius 1 is 1.00 bits per heavy atom. The molecule has 0 aliphatic carbocycles. The first-order valence-corrected chi connectivity index (χ1v) is 8.57. The first-order valence-electron chi connectivity index (χ1n) is 8.57. The van der Waals surface area contributed by atoms with Crippen molar-refractivity contribution < 1.29 is 29.6 Å². The van der Waals surface area contributed by atoms with Gasteiger partial charge < -0.3 is 25.4 Å². The quantitative estimate of drug-likeness (QED) is 0.534. The number of alkyl carbamates (subject to hydrolysis) is 1. The van der Waals surface area contributed by atoms with Crippen LogP contribution in [0.1, 0.15) is 29.2 Å². The summed E-state index contributed by atoms with van der Waals surface area (Å²) in [6, 6.07) is 15.9. The van der Waals surface area contributed by atoms with Crippen molar-refractivity contribution in [2.45, 2.75) is 31.7 Å². The van der Waals surface area contributed by atoms with Gasteiger partial charge in [-0.05, 0) is 23.1 Å². The molecule has 4 N–H and O–H groups in total. The monoisotopic (exact) mass is 373 g/mol. The van der Waals surface area contributed by atoms with Crippen molar-refractivity contribution in [3.63, 3.8) is 0 Å². The van der Waals surface area contributed by atoms with Crippen LogP contribution in [0.15, 0.2) is 54.6 Å². The number of amides is 1. The SMILES string of the molecule is O=C(O)CCc1ccccc1C(O)C(O)CNC(=O)OCc1ccccc1. The van der Waals surface area contributed by atoms with Crippen molar-refractivity contribution in [2.75, 3.05) is 6.54 Å². The van der Waals surface area contributed by atoms with E-state index in [9.17, 15) is 19.8 Å². The molecule has 2 atom stereocenters. The highest BCUT2D eigenvalue weighted by Crippen LogP contribution is 2.22. The maximum atomic E-state index is 11.7. The number of hydrogen-bond acceptors (Lipinski definition) is 5. The third-order valence-corrected chi connectivity index (χ3v) is 4.01. The highest BCUT2D eigenvalue weighted by molar-refractivity contribution is 5.67. The fraction of sp³-hybridized carbons (Fsp3) is 0.300. The number of aliphatic hydroxyl groups is 2. The number of hydrogen-bond donors (Lipinski definition) is 4. The summed E-state index contributed by atoms with van der Waals surface area (Å²) in [6.45, 7) is -0.106. The smallest absolute Gasteiger partial charge is 0.407 e. The summed E-state index contributed by atoms with van der Waals surface area (Å²) in [5, 5.41) is 31.8. The van der Waals surface area contributed by atoms with E-state index in [2.05, 4.69) is 5.32 Å². The van der Waals surface area contributed by atoms with Gasteiger partial charge in [0.2, 0.25) is 0 Å². The average molecular weight is 373 g/mol. The second-order valence-electron chi connectivity index (χ2n) is 6.05. The Morgan fingerprint density at radius 2 is 1.67 bits per heavy atom. The molecule has 0 radical (unpaired) electrons. The van der Waals surface area contributed by atoms with Crippen LogP contribution in [0, 0.1) is 0 Å². The van der Waals surface area contributed by atoms with E-state index in [0.29, 0.717) is 11.1 Å². The predicted octanol–water partition coefficient (Wildman–Crippen LogP) is 2.02. The Morgan fingerprint density at radius 3 is 2.37 bits per heavy atom. The Labute approximate surface area is 157 Å². The van der Waals surface area contributed by atoms with Crippen molar-refractivity contribution in [3.8, 4) is 0 Å². The third-order valence-electron chi connectivity index (χ3n) is 4.01. The first kappa shape index (κ1) is 20.4. The molecule has 0 saturated carbocycles. The van der Waals surface area contributed by atoms with E-state index >= 15 is 0 Å². The van der Waals surface area contributed by atoms with Crippen molar-refractivity contribution in [2.24, 2.45) is 0 Å². The zero-order chi connectivity index (χ0) is 19.6. The van der Waals surface area contributed by atoms with Crippen LogP contribution in [-0.4, -0.2) is 40.0 Å². The van der Waals surface area contributed by atoms with Crippen LogP contribution in [0.3, 0.4) is 0 Å². The van der Waals surface area contributed by atoms with Crippen LogP contribution in [0.25, 0.3) is 0 Å². The summed E-state index contributed by atoms with van der Waals surface area (Å²) >= 11 is 0. The average Bonchev–Trinajstić information content (AvgIpc) is 2.69. The molecule has 0 bridgehead atoms. The van der Waals surface area contributed by atoms with E-state index in [1.807, 2.05) is 30.3 Å². The molecule has 2 rings (SSSR count). The van der Waals surface area contributed by atoms with Crippen LogP contribution in [0.5, 0.6) is 0 Å². The summed E-state index contributed by atoms with van der Waals surface area (Å²) in [4.78, 5) is 22.5. The molecule has 1 amide bonds. The number of carbonyl (C=O) groups excluding carboxylic acids is 1. The van der Waals surface area contributed by atoms with Crippen LogP contribution in [0.2, 0.25) is 0 Å². The number of aryl methyl sites for hydroxylation is 1. The van der Waals surface area contributed by atoms with Gasteiger partial charge in [0.15, 0.2) is 0 Å². The number of nitrogens with one attached hydrogen (secondary N) is 1. The molecule has 144 valence electrons. The van der Waals surface area contributed by atoms with E-state index in [-0.39, 0.29) is 26.0 Å². The van der Waals surface area contributed by atoms with Gasteiger partial charge in [-0.3, -0.25) is 4.79 Å². The molecule has 27 heavy (non-hydrogen) atoms. The fourth-order valence-corrected chi connectivity index (χ4v) is 2.57. The Bertz CT molecular complexity index is 749. The zero-order valence-electron chi connectivity index (χ0n) is 14.7. The number of aliphatic carboxylic acids is 1. The molecule has 0 spiro atoms. The Kier molecular flexibility index (Phi) is 7.79. The summed E-state index contributed by atoms with van der Waals surface area (Å²) in [5.41, 5.74) is 1.91. The molecule has 2 unspecified atom stereocenters. The van der Waals surface area contributed by atoms with Gasteiger partial charge in [-0.15, -0.1) is 0 Å². The van der Waals surface area contributed by atoms with Crippen LogP contribution >= 0.6 is 0 Å². The van der Waals surface area contributed by atoms with Gasteiger partial charge >= 0.3 is 12.1 Å². The van der Waals surface area contributed by atoms with Gasteiger partial charge in [0.1, 0.15) is 18.8 Å². The minimum Gasteiger partial charge on any atom is -0.481 e. The lowest BCUT2D eigenvalue weighted by molar-refractivity contribution is -0.136. The van der Waals surface area contributed by atoms with Crippen LogP contribution < -0.4 is 5.32 Å². The van der Waals surface area contributed by atoms with E-state index in [1.54, 1.807) is 24.3 Å². The van der Waals surface area contributed by atoms with Crippen LogP contribution in [-0.2, 0) is 22.6 Å². The number of benzene rings is 2. The highest BCUT2D eigenvalue weighted by Gasteiger charge is 2.22. The molecule has 0 fully saturated rings. The minimum atomic E-state index is -1.26. The van der Waals surface area contributed by atoms with Crippen LogP contribution in [0.4, 0.5) is 4.79 Å². The van der Waals surface area contributed by atoms with Gasteiger partial charge in [0.05, 0.1) is 0 Å². The van der Waals surface area contributed by atoms with Gasteiger partial charge in [-0.1, -0.05) is 54.6 Å². The van der Waals surface area contributed by atoms with E-state index in [1.165, 1.54) is 0 Å². The second kappa shape index (κ2) is 10.3. The predicted molar refractivity (Wildman–Crippen MR) is 98.0 cm³/mol. The van der Waals surface area contributed by atoms with Crippen molar-refractivity contribution in [1.29, 1.82) is 0 Å². The molecule has 0 aliphatic rings. The largest absolute Gasteiger partial charge is 0.481 e. The van der Waals surface area contributed by atoms with Gasteiger partial charge in [0.25, 0.3) is 0 Å². The molecule has 0 aromatic heterocycles. The molecule has 0 aliphatic heterocycles. The Balaban J connectivity index is 1.85. The van der Waals surface area contributed by atoms with Gasteiger partial charge in [0, 0.05) is 13.0 Å². The van der Waals surface area contributed by atoms with Crippen molar-refractivity contribution >= 4 is 12.1 Å². The molecular weight excluding hydrogens is 350 g/mol. The maximum absolute atomic E-state index is 11.7. The highest BCUT2D eigenvalue weighted by atomic mass is 16.5.